The molecule has 0 aromatic carbocycles. The van der Waals surface area contributed by atoms with Crippen molar-refractivity contribution in [2.24, 2.45) is 5.92 Å². The van der Waals surface area contributed by atoms with Gasteiger partial charge in [0.05, 0.1) is 22.9 Å². The number of pyridine rings is 1. The van der Waals surface area contributed by atoms with Crippen molar-refractivity contribution < 1.29 is 4.74 Å². The van der Waals surface area contributed by atoms with Crippen LogP contribution >= 0.6 is 15.9 Å². The predicted octanol–water partition coefficient (Wildman–Crippen LogP) is 2.67. The van der Waals surface area contributed by atoms with Gasteiger partial charge in [-0.1, -0.05) is 13.8 Å². The van der Waals surface area contributed by atoms with Gasteiger partial charge in [-0.15, -0.1) is 0 Å². The van der Waals surface area contributed by atoms with E-state index < -0.39 is 0 Å². The number of halogens is 1. The second kappa shape index (κ2) is 3.77. The average molecular weight is 257 g/mol. The van der Waals surface area contributed by atoms with Crippen molar-refractivity contribution >= 4 is 21.6 Å². The molecule has 3 nitrogen and oxygen atoms in total. The number of anilines is 1. The van der Waals surface area contributed by atoms with Crippen LogP contribution in [0, 0.1) is 5.92 Å². The van der Waals surface area contributed by atoms with Crippen LogP contribution in [0.3, 0.4) is 0 Å². The molecule has 0 aliphatic carbocycles. The van der Waals surface area contributed by atoms with E-state index in [0.29, 0.717) is 5.92 Å². The zero-order valence-corrected chi connectivity index (χ0v) is 9.84. The maximum Gasteiger partial charge on any atom is 0.160 e. The molecule has 2 rings (SSSR count). The lowest BCUT2D eigenvalue weighted by molar-refractivity contribution is 0.155. The van der Waals surface area contributed by atoms with E-state index in [-0.39, 0.29) is 6.10 Å². The first-order chi connectivity index (χ1) is 6.68. The zero-order valence-electron chi connectivity index (χ0n) is 8.25. The van der Waals surface area contributed by atoms with Crippen molar-refractivity contribution in [2.45, 2.75) is 20.0 Å². The molecular weight excluding hydrogens is 244 g/mol. The lowest BCUT2D eigenvalue weighted by Gasteiger charge is -2.30. The van der Waals surface area contributed by atoms with Gasteiger partial charge in [-0.25, -0.2) is 0 Å². The second-order valence-electron chi connectivity index (χ2n) is 3.78. The van der Waals surface area contributed by atoms with Gasteiger partial charge in [-0.05, 0) is 21.8 Å². The van der Waals surface area contributed by atoms with E-state index in [1.807, 2.05) is 0 Å². The number of hydrogen-bond acceptors (Lipinski definition) is 3. The molecule has 0 amide bonds. The van der Waals surface area contributed by atoms with Gasteiger partial charge < -0.3 is 10.1 Å². The standard InChI is InChI=1S/C10H13BrN2O/c1-6(2)9-5-13-8-4-12-3-7(11)10(8)14-9/h3-4,6,9,13H,5H2,1-2H3/t9-/m0/s1. The minimum absolute atomic E-state index is 0.237. The van der Waals surface area contributed by atoms with Crippen LogP contribution in [-0.4, -0.2) is 17.6 Å². The third kappa shape index (κ3) is 1.71. The lowest BCUT2D eigenvalue weighted by Crippen LogP contribution is -2.35. The van der Waals surface area contributed by atoms with E-state index in [2.05, 4.69) is 40.1 Å². The van der Waals surface area contributed by atoms with Gasteiger partial charge in [-0.2, -0.15) is 0 Å². The van der Waals surface area contributed by atoms with Gasteiger partial charge in [0.2, 0.25) is 0 Å². The van der Waals surface area contributed by atoms with Crippen molar-refractivity contribution in [1.82, 2.24) is 4.98 Å². The normalized spacial score (nSPS) is 19.9. The Kier molecular flexibility index (Phi) is 2.63. The Morgan fingerprint density at radius 1 is 1.57 bits per heavy atom. The van der Waals surface area contributed by atoms with E-state index >= 15 is 0 Å². The number of nitrogens with zero attached hydrogens (tertiary/aromatic N) is 1. The molecule has 0 saturated carbocycles. The van der Waals surface area contributed by atoms with Crippen molar-refractivity contribution in [3.63, 3.8) is 0 Å². The Hall–Kier alpha value is -0.770. The van der Waals surface area contributed by atoms with E-state index in [9.17, 15) is 0 Å². The van der Waals surface area contributed by atoms with E-state index in [1.165, 1.54) is 0 Å². The summed E-state index contributed by atoms with van der Waals surface area (Å²) < 4.78 is 6.78. The Morgan fingerprint density at radius 3 is 3.07 bits per heavy atom. The molecule has 1 atom stereocenters. The molecule has 2 heterocycles. The van der Waals surface area contributed by atoms with Gasteiger partial charge in [0.15, 0.2) is 5.75 Å². The molecule has 1 aliphatic heterocycles. The quantitative estimate of drug-likeness (QED) is 0.839. The third-order valence-electron chi connectivity index (χ3n) is 2.36. The number of fused-ring (bicyclic) bond motifs is 1. The Morgan fingerprint density at radius 2 is 2.36 bits per heavy atom. The summed E-state index contributed by atoms with van der Waals surface area (Å²) in [4.78, 5) is 4.08. The number of rotatable bonds is 1. The second-order valence-corrected chi connectivity index (χ2v) is 4.63. The minimum atomic E-state index is 0.237. The topological polar surface area (TPSA) is 34.2 Å². The number of nitrogens with one attached hydrogen (secondary N) is 1. The van der Waals surface area contributed by atoms with Crippen LogP contribution in [-0.2, 0) is 0 Å². The van der Waals surface area contributed by atoms with Crippen molar-refractivity contribution in [3.05, 3.63) is 16.9 Å². The molecular formula is C10H13BrN2O. The summed E-state index contributed by atoms with van der Waals surface area (Å²) >= 11 is 3.43. The molecule has 14 heavy (non-hydrogen) atoms. The molecule has 1 aliphatic rings. The van der Waals surface area contributed by atoms with Gasteiger partial charge in [-0.3, -0.25) is 4.98 Å². The summed E-state index contributed by atoms with van der Waals surface area (Å²) in [7, 11) is 0. The highest BCUT2D eigenvalue weighted by atomic mass is 79.9. The summed E-state index contributed by atoms with van der Waals surface area (Å²) in [5.41, 5.74) is 0.969. The zero-order chi connectivity index (χ0) is 10.1. The monoisotopic (exact) mass is 256 g/mol. The van der Waals surface area contributed by atoms with Crippen LogP contribution in [0.1, 0.15) is 13.8 Å². The molecule has 1 N–H and O–H groups in total. The highest BCUT2D eigenvalue weighted by Crippen LogP contribution is 2.36. The average Bonchev–Trinajstić information content (AvgIpc) is 2.18. The predicted molar refractivity (Wildman–Crippen MR) is 59.7 cm³/mol. The molecule has 0 saturated heterocycles. The van der Waals surface area contributed by atoms with E-state index in [1.54, 1.807) is 12.4 Å². The Labute approximate surface area is 92.0 Å². The highest BCUT2D eigenvalue weighted by molar-refractivity contribution is 9.10. The summed E-state index contributed by atoms with van der Waals surface area (Å²) in [5.74, 6) is 1.39. The molecule has 1 aromatic rings. The summed E-state index contributed by atoms with van der Waals surface area (Å²) in [6, 6.07) is 0. The summed E-state index contributed by atoms with van der Waals surface area (Å²) in [5, 5.41) is 3.32. The Bertz CT molecular complexity index is 341. The van der Waals surface area contributed by atoms with Crippen LogP contribution in [0.2, 0.25) is 0 Å². The molecule has 4 heteroatoms. The fraction of sp³-hybridized carbons (Fsp3) is 0.500. The molecule has 0 unspecified atom stereocenters. The van der Waals surface area contributed by atoms with Crippen molar-refractivity contribution in [3.8, 4) is 5.75 Å². The molecule has 1 aromatic heterocycles. The summed E-state index contributed by atoms with van der Waals surface area (Å²) in [6.45, 7) is 5.17. The van der Waals surface area contributed by atoms with E-state index in [4.69, 9.17) is 4.74 Å². The largest absolute Gasteiger partial charge is 0.485 e. The highest BCUT2D eigenvalue weighted by Gasteiger charge is 2.23. The van der Waals surface area contributed by atoms with Crippen LogP contribution in [0.25, 0.3) is 0 Å². The van der Waals surface area contributed by atoms with Crippen LogP contribution in [0.5, 0.6) is 5.75 Å². The number of aromatic nitrogens is 1. The van der Waals surface area contributed by atoms with Crippen LogP contribution < -0.4 is 10.1 Å². The molecule has 76 valence electrons. The maximum atomic E-state index is 5.87. The molecule has 0 spiro atoms. The van der Waals surface area contributed by atoms with Crippen LogP contribution in [0.15, 0.2) is 16.9 Å². The fourth-order valence-electron chi connectivity index (χ4n) is 1.44. The number of hydrogen-bond donors (Lipinski definition) is 1. The van der Waals surface area contributed by atoms with Gasteiger partial charge in [0.25, 0.3) is 0 Å². The molecule has 0 fully saturated rings. The number of ether oxygens (including phenoxy) is 1. The smallest absolute Gasteiger partial charge is 0.160 e. The SMILES string of the molecule is CC(C)[C@@H]1CNc2cncc(Br)c2O1. The van der Waals surface area contributed by atoms with Gasteiger partial charge in [0, 0.05) is 6.20 Å². The first-order valence-electron chi connectivity index (χ1n) is 4.72. The maximum absolute atomic E-state index is 5.87. The fourth-order valence-corrected chi connectivity index (χ4v) is 1.87. The van der Waals surface area contributed by atoms with Crippen molar-refractivity contribution in [1.29, 1.82) is 0 Å². The lowest BCUT2D eigenvalue weighted by atomic mass is 10.1. The Balaban J connectivity index is 2.29. The summed E-state index contributed by atoms with van der Waals surface area (Å²) in [6.07, 6.45) is 3.78. The van der Waals surface area contributed by atoms with Gasteiger partial charge in [0.1, 0.15) is 6.10 Å². The van der Waals surface area contributed by atoms with Gasteiger partial charge >= 0.3 is 0 Å². The van der Waals surface area contributed by atoms with Crippen molar-refractivity contribution in [2.75, 3.05) is 11.9 Å². The first kappa shape index (κ1) is 9.77. The molecule has 0 radical (unpaired) electrons. The first-order valence-corrected chi connectivity index (χ1v) is 5.52. The third-order valence-corrected chi connectivity index (χ3v) is 2.92. The molecule has 0 bridgehead atoms. The van der Waals surface area contributed by atoms with Crippen LogP contribution in [0.4, 0.5) is 5.69 Å². The minimum Gasteiger partial charge on any atom is -0.485 e. The van der Waals surface area contributed by atoms with E-state index in [0.717, 1.165) is 22.5 Å².